The van der Waals surface area contributed by atoms with Gasteiger partial charge in [-0.3, -0.25) is 4.79 Å². The summed E-state index contributed by atoms with van der Waals surface area (Å²) < 4.78 is 4.98. The van der Waals surface area contributed by atoms with Crippen molar-refractivity contribution >= 4 is 33.4 Å². The van der Waals surface area contributed by atoms with E-state index >= 15 is 0 Å². The van der Waals surface area contributed by atoms with Gasteiger partial charge in [0.25, 0.3) is 5.91 Å². The fraction of sp³-hybridized carbons (Fsp3) is 0.417. The molecule has 0 aromatic heterocycles. The first kappa shape index (κ1) is 15.3. The number of carbonyl (C=O) groups excluding carboxylic acids is 1. The van der Waals surface area contributed by atoms with E-state index in [9.17, 15) is 9.90 Å². The van der Waals surface area contributed by atoms with Crippen molar-refractivity contribution in [2.45, 2.75) is 4.83 Å². The molecular formula is C12H15BrClNO3. The third-order valence-corrected chi connectivity index (χ3v) is 3.14. The predicted molar refractivity (Wildman–Crippen MR) is 74.7 cm³/mol. The molecule has 0 radical (unpaired) electrons. The summed E-state index contributed by atoms with van der Waals surface area (Å²) in [5, 5.41) is 10.1. The summed E-state index contributed by atoms with van der Waals surface area (Å²) in [4.78, 5) is 13.6. The van der Waals surface area contributed by atoms with Crippen LogP contribution in [0.1, 0.15) is 10.4 Å². The number of ether oxygens (including phenoxy) is 1. The highest BCUT2D eigenvalue weighted by Gasteiger charge is 2.18. The van der Waals surface area contributed by atoms with E-state index in [2.05, 4.69) is 15.9 Å². The molecule has 0 fully saturated rings. The van der Waals surface area contributed by atoms with Gasteiger partial charge in [0.15, 0.2) is 0 Å². The van der Waals surface area contributed by atoms with Crippen molar-refractivity contribution in [1.29, 1.82) is 0 Å². The average molecular weight is 337 g/mol. The van der Waals surface area contributed by atoms with Crippen LogP contribution in [0.25, 0.3) is 0 Å². The summed E-state index contributed by atoms with van der Waals surface area (Å²) in [5.41, 5.74) is 0.196. The van der Waals surface area contributed by atoms with Gasteiger partial charge in [0.2, 0.25) is 0 Å². The number of hydrogen-bond acceptors (Lipinski definition) is 3. The first-order valence-electron chi connectivity index (χ1n) is 5.32. The molecule has 1 N–H and O–H groups in total. The van der Waals surface area contributed by atoms with Crippen molar-refractivity contribution in [1.82, 2.24) is 4.90 Å². The quantitative estimate of drug-likeness (QED) is 0.841. The van der Waals surface area contributed by atoms with Gasteiger partial charge in [-0.1, -0.05) is 27.5 Å². The number of halogens is 2. The Balaban J connectivity index is 2.77. The number of methoxy groups -OCH3 is 1. The molecule has 0 saturated heterocycles. The molecule has 1 amide bonds. The van der Waals surface area contributed by atoms with Crippen LogP contribution in [-0.4, -0.2) is 48.0 Å². The van der Waals surface area contributed by atoms with Crippen molar-refractivity contribution in [2.24, 2.45) is 0 Å². The van der Waals surface area contributed by atoms with Crippen molar-refractivity contribution in [3.05, 3.63) is 28.8 Å². The van der Waals surface area contributed by atoms with Gasteiger partial charge in [0, 0.05) is 25.7 Å². The highest BCUT2D eigenvalue weighted by atomic mass is 79.9. The molecule has 100 valence electrons. The third-order valence-electron chi connectivity index (χ3n) is 2.36. The zero-order valence-corrected chi connectivity index (χ0v) is 12.5. The van der Waals surface area contributed by atoms with Crippen LogP contribution in [0.2, 0.25) is 5.02 Å². The second kappa shape index (κ2) is 6.97. The number of amides is 1. The van der Waals surface area contributed by atoms with E-state index < -0.39 is 0 Å². The van der Waals surface area contributed by atoms with E-state index in [0.717, 1.165) is 0 Å². The first-order chi connectivity index (χ1) is 8.45. The highest BCUT2D eigenvalue weighted by molar-refractivity contribution is 9.09. The molecule has 1 unspecified atom stereocenters. The van der Waals surface area contributed by atoms with Gasteiger partial charge < -0.3 is 14.7 Å². The van der Waals surface area contributed by atoms with Crippen LogP contribution in [0.5, 0.6) is 5.75 Å². The Kier molecular flexibility index (Phi) is 5.91. The standard InChI is InChI=1S/C12H15BrClNO3/c1-15(6-8(13)7-18-2)12(17)10-5-9(14)3-4-11(10)16/h3-5,8,16H,6-7H2,1-2H3. The van der Waals surface area contributed by atoms with Gasteiger partial charge >= 0.3 is 0 Å². The van der Waals surface area contributed by atoms with Gasteiger partial charge in [-0.15, -0.1) is 0 Å². The summed E-state index contributed by atoms with van der Waals surface area (Å²) in [6.07, 6.45) is 0. The molecule has 0 aliphatic carbocycles. The van der Waals surface area contributed by atoms with Gasteiger partial charge in [0.1, 0.15) is 5.75 Å². The molecule has 6 heteroatoms. The van der Waals surface area contributed by atoms with Crippen LogP contribution in [0.3, 0.4) is 0 Å². The lowest BCUT2D eigenvalue weighted by molar-refractivity contribution is 0.0781. The minimum absolute atomic E-state index is 0.0396. The topological polar surface area (TPSA) is 49.8 Å². The Morgan fingerprint density at radius 2 is 2.28 bits per heavy atom. The molecule has 1 aromatic rings. The van der Waals surface area contributed by atoms with Gasteiger partial charge in [-0.25, -0.2) is 0 Å². The minimum atomic E-state index is -0.282. The van der Waals surface area contributed by atoms with Crippen LogP contribution in [-0.2, 0) is 4.74 Å². The highest BCUT2D eigenvalue weighted by Crippen LogP contribution is 2.22. The number of rotatable bonds is 5. The average Bonchev–Trinajstić information content (AvgIpc) is 2.31. The van der Waals surface area contributed by atoms with Crippen LogP contribution >= 0.6 is 27.5 Å². The number of nitrogens with zero attached hydrogens (tertiary/aromatic N) is 1. The molecule has 0 aliphatic rings. The number of carbonyl (C=O) groups is 1. The van der Waals surface area contributed by atoms with Gasteiger partial charge in [-0.05, 0) is 18.2 Å². The molecule has 0 aliphatic heterocycles. The Labute approximate surface area is 120 Å². The molecule has 1 aromatic carbocycles. The molecule has 0 heterocycles. The molecule has 0 saturated carbocycles. The molecule has 0 bridgehead atoms. The monoisotopic (exact) mass is 335 g/mol. The number of aromatic hydroxyl groups is 1. The normalized spacial score (nSPS) is 12.2. The maximum absolute atomic E-state index is 12.1. The Morgan fingerprint density at radius 1 is 1.61 bits per heavy atom. The SMILES string of the molecule is COCC(Br)CN(C)C(=O)c1cc(Cl)ccc1O. The minimum Gasteiger partial charge on any atom is -0.507 e. The summed E-state index contributed by atoms with van der Waals surface area (Å²) >= 11 is 9.21. The zero-order chi connectivity index (χ0) is 13.7. The first-order valence-corrected chi connectivity index (χ1v) is 6.62. The Hall–Kier alpha value is -0.780. The van der Waals surface area contributed by atoms with E-state index in [0.29, 0.717) is 18.2 Å². The number of hydrogen-bond donors (Lipinski definition) is 1. The fourth-order valence-electron chi connectivity index (χ4n) is 1.50. The van der Waals surface area contributed by atoms with Crippen molar-refractivity contribution in [3.8, 4) is 5.75 Å². The van der Waals surface area contributed by atoms with Crippen molar-refractivity contribution in [3.63, 3.8) is 0 Å². The van der Waals surface area contributed by atoms with E-state index in [-0.39, 0.29) is 22.0 Å². The maximum atomic E-state index is 12.1. The summed E-state index contributed by atoms with van der Waals surface area (Å²) in [6, 6.07) is 4.39. The van der Waals surface area contributed by atoms with E-state index in [1.54, 1.807) is 14.2 Å². The lowest BCUT2D eigenvalue weighted by atomic mass is 10.1. The molecule has 0 spiro atoms. The van der Waals surface area contributed by atoms with Crippen LogP contribution in [0.15, 0.2) is 18.2 Å². The summed E-state index contributed by atoms with van der Waals surface area (Å²) in [6.45, 7) is 0.970. The molecule has 18 heavy (non-hydrogen) atoms. The van der Waals surface area contributed by atoms with Gasteiger partial charge in [0.05, 0.1) is 17.0 Å². The second-order valence-corrected chi connectivity index (χ2v) is 5.63. The molecular weight excluding hydrogens is 321 g/mol. The fourth-order valence-corrected chi connectivity index (χ4v) is 2.37. The van der Waals surface area contributed by atoms with Crippen molar-refractivity contribution in [2.75, 3.05) is 27.3 Å². The van der Waals surface area contributed by atoms with Crippen molar-refractivity contribution < 1.29 is 14.6 Å². The Bertz CT molecular complexity index is 428. The molecule has 4 nitrogen and oxygen atoms in total. The number of alkyl halides is 1. The number of phenols is 1. The summed E-state index contributed by atoms with van der Waals surface area (Å²) in [5.74, 6) is -0.357. The predicted octanol–water partition coefficient (Wildman–Crippen LogP) is 2.53. The van der Waals surface area contributed by atoms with E-state index in [1.807, 2.05) is 0 Å². The smallest absolute Gasteiger partial charge is 0.257 e. The lowest BCUT2D eigenvalue weighted by Crippen LogP contribution is -2.33. The number of phenolic OH excluding ortho intramolecular Hbond substituents is 1. The lowest BCUT2D eigenvalue weighted by Gasteiger charge is -2.20. The van der Waals surface area contributed by atoms with E-state index in [4.69, 9.17) is 16.3 Å². The zero-order valence-electron chi connectivity index (χ0n) is 10.2. The van der Waals surface area contributed by atoms with Crippen LogP contribution in [0, 0.1) is 0 Å². The second-order valence-electron chi connectivity index (χ2n) is 3.90. The molecule has 1 atom stereocenters. The number of benzene rings is 1. The maximum Gasteiger partial charge on any atom is 0.257 e. The largest absolute Gasteiger partial charge is 0.507 e. The Morgan fingerprint density at radius 3 is 2.89 bits per heavy atom. The van der Waals surface area contributed by atoms with E-state index in [1.165, 1.54) is 23.1 Å². The van der Waals surface area contributed by atoms with Crippen LogP contribution in [0.4, 0.5) is 0 Å². The molecule has 1 rings (SSSR count). The third kappa shape index (κ3) is 4.15. The van der Waals surface area contributed by atoms with Gasteiger partial charge in [-0.2, -0.15) is 0 Å². The van der Waals surface area contributed by atoms with Crippen LogP contribution < -0.4 is 0 Å². The summed E-state index contributed by atoms with van der Waals surface area (Å²) in [7, 11) is 3.26.